The van der Waals surface area contributed by atoms with Crippen LogP contribution in [0.2, 0.25) is 0 Å². The molecule has 0 saturated carbocycles. The lowest BCUT2D eigenvalue weighted by Gasteiger charge is -2.01. The molecule has 1 N–H and O–H groups in total. The fourth-order valence-corrected chi connectivity index (χ4v) is 3.30. The molecule has 0 atom stereocenters. The number of diazo groups is 1. The molecule has 1 rings (SSSR count). The van der Waals surface area contributed by atoms with Gasteiger partial charge in [-0.2, -0.15) is 8.42 Å². The van der Waals surface area contributed by atoms with Crippen molar-refractivity contribution in [1.82, 2.24) is 0 Å². The van der Waals surface area contributed by atoms with Crippen LogP contribution in [0.1, 0.15) is 5.56 Å². The fraction of sp³-hybridized carbons (Fsp3) is 0.143. The minimum atomic E-state index is -4.28. The van der Waals surface area contributed by atoms with Crippen molar-refractivity contribution < 1.29 is 13.0 Å². The second-order valence-corrected chi connectivity index (χ2v) is 5.12. The summed E-state index contributed by atoms with van der Waals surface area (Å²) in [6, 6.07) is 2.91. The van der Waals surface area contributed by atoms with E-state index in [9.17, 15) is 8.42 Å². The maximum atomic E-state index is 11.0. The molecule has 0 heterocycles. The Kier molecular flexibility index (Phi) is 3.08. The van der Waals surface area contributed by atoms with Crippen molar-refractivity contribution >= 4 is 38.4 Å². The molecule has 0 radical (unpaired) electrons. The van der Waals surface area contributed by atoms with E-state index in [0.29, 0.717) is 3.57 Å². The van der Waals surface area contributed by atoms with Gasteiger partial charge in [0.1, 0.15) is 4.90 Å². The first-order valence-electron chi connectivity index (χ1n) is 3.49. The highest BCUT2D eigenvalue weighted by atomic mass is 127. The number of nitrogens with zero attached hydrogens (tertiary/aromatic N) is 2. The Balaban J connectivity index is 3.68. The lowest BCUT2D eigenvalue weighted by molar-refractivity contribution is 0.482. The summed E-state index contributed by atoms with van der Waals surface area (Å²) in [6.07, 6.45) is 0. The maximum Gasteiger partial charge on any atom is 0.389 e. The topological polar surface area (TPSA) is 82.5 Å². The van der Waals surface area contributed by atoms with E-state index in [0.717, 1.165) is 0 Å². The summed E-state index contributed by atoms with van der Waals surface area (Å²) in [5.74, 6) is 0. The van der Waals surface area contributed by atoms with Crippen molar-refractivity contribution in [2.75, 3.05) is 0 Å². The molecule has 74 valence electrons. The van der Waals surface area contributed by atoms with Crippen molar-refractivity contribution in [2.45, 2.75) is 11.8 Å². The molecule has 7 heteroatoms. The van der Waals surface area contributed by atoms with Gasteiger partial charge in [-0.15, -0.1) is 0 Å². The second-order valence-electron chi connectivity index (χ2n) is 2.60. The first-order chi connectivity index (χ1) is 6.38. The standard InChI is InChI=1S/C7H5IN2O3S/c1-4-6(10-9)3-2-5(8)7(4)14(11,12)13/h2-3H,1H3/p+1. The summed E-state index contributed by atoms with van der Waals surface area (Å²) in [6.45, 7) is 1.46. The van der Waals surface area contributed by atoms with Gasteiger partial charge in [0, 0.05) is 9.64 Å². The molecule has 0 spiro atoms. The van der Waals surface area contributed by atoms with Crippen LogP contribution in [0.3, 0.4) is 0 Å². The third-order valence-corrected chi connectivity index (χ3v) is 4.00. The van der Waals surface area contributed by atoms with E-state index in [-0.39, 0.29) is 16.1 Å². The highest BCUT2D eigenvalue weighted by molar-refractivity contribution is 14.1. The van der Waals surface area contributed by atoms with E-state index in [2.05, 4.69) is 4.98 Å². The minimum absolute atomic E-state index is 0.123. The first-order valence-corrected chi connectivity index (χ1v) is 6.01. The predicted molar refractivity (Wildman–Crippen MR) is 58.5 cm³/mol. The molecule has 0 aromatic heterocycles. The van der Waals surface area contributed by atoms with Crippen LogP contribution in [0, 0.1) is 15.9 Å². The Morgan fingerprint density at radius 2 is 2.07 bits per heavy atom. The van der Waals surface area contributed by atoms with Crippen molar-refractivity contribution in [3.05, 3.63) is 26.2 Å². The molecule has 0 amide bonds. The zero-order valence-electron chi connectivity index (χ0n) is 7.10. The summed E-state index contributed by atoms with van der Waals surface area (Å²) in [4.78, 5) is 2.69. The molecule has 1 aromatic carbocycles. The molecular weight excluding hydrogens is 319 g/mol. The molecule has 0 bridgehead atoms. The third kappa shape index (κ3) is 2.02. The van der Waals surface area contributed by atoms with Gasteiger partial charge in [-0.05, 0) is 35.6 Å². The number of hydrogen-bond acceptors (Lipinski definition) is 3. The van der Waals surface area contributed by atoms with E-state index >= 15 is 0 Å². The van der Waals surface area contributed by atoms with Crippen LogP contribution in [-0.2, 0) is 10.1 Å². The fourth-order valence-electron chi connectivity index (χ4n) is 1.07. The monoisotopic (exact) mass is 325 g/mol. The Labute approximate surface area is 94.6 Å². The van der Waals surface area contributed by atoms with Gasteiger partial charge in [-0.1, -0.05) is 0 Å². The minimum Gasteiger partial charge on any atom is -0.282 e. The van der Waals surface area contributed by atoms with Crippen molar-refractivity contribution in [1.29, 1.82) is 5.39 Å². The average Bonchev–Trinajstić information content (AvgIpc) is 2.02. The molecule has 5 nitrogen and oxygen atoms in total. The van der Waals surface area contributed by atoms with Crippen molar-refractivity contribution in [3.63, 3.8) is 0 Å². The summed E-state index contributed by atoms with van der Waals surface area (Å²) in [5.41, 5.74) is 0.347. The summed E-state index contributed by atoms with van der Waals surface area (Å²) < 4.78 is 31.2. The number of hydrogen-bond donors (Lipinski definition) is 1. The second kappa shape index (κ2) is 3.80. The van der Waals surface area contributed by atoms with Gasteiger partial charge in [0.05, 0.1) is 5.56 Å². The van der Waals surface area contributed by atoms with Crippen molar-refractivity contribution in [3.8, 4) is 0 Å². The zero-order valence-corrected chi connectivity index (χ0v) is 10.1. The number of rotatable bonds is 1. The first kappa shape index (κ1) is 11.4. The van der Waals surface area contributed by atoms with Gasteiger partial charge in [-0.25, -0.2) is 0 Å². The quantitative estimate of drug-likeness (QED) is 0.488. The van der Waals surface area contributed by atoms with Crippen LogP contribution in [-0.4, -0.2) is 13.0 Å². The van der Waals surface area contributed by atoms with E-state index < -0.39 is 10.1 Å². The molecule has 0 unspecified atom stereocenters. The lowest BCUT2D eigenvalue weighted by atomic mass is 10.2. The molecule has 0 aliphatic heterocycles. The SMILES string of the molecule is Cc1c([N+]#N)ccc(I)c1S(=O)(=O)O. The van der Waals surface area contributed by atoms with Gasteiger partial charge >= 0.3 is 5.69 Å². The lowest BCUT2D eigenvalue weighted by Crippen LogP contribution is -2.03. The predicted octanol–water partition coefficient (Wildman–Crippen LogP) is 2.33. The number of benzene rings is 1. The van der Waals surface area contributed by atoms with Crippen LogP contribution >= 0.6 is 22.6 Å². The third-order valence-electron chi connectivity index (χ3n) is 1.69. The normalized spacial score (nSPS) is 11.0. The van der Waals surface area contributed by atoms with Gasteiger partial charge in [0.15, 0.2) is 4.98 Å². The molecule has 0 fully saturated rings. The van der Waals surface area contributed by atoms with Gasteiger partial charge in [-0.3, -0.25) is 4.55 Å². The van der Waals surface area contributed by atoms with Crippen LogP contribution in [0.5, 0.6) is 0 Å². The average molecular weight is 325 g/mol. The van der Waals surface area contributed by atoms with E-state index in [4.69, 9.17) is 9.95 Å². The molecule has 0 saturated heterocycles. The largest absolute Gasteiger partial charge is 0.389 e. The van der Waals surface area contributed by atoms with Gasteiger partial charge < -0.3 is 0 Å². The van der Waals surface area contributed by atoms with Crippen LogP contribution in [0.4, 0.5) is 5.69 Å². The maximum absolute atomic E-state index is 11.0. The molecule has 1 aromatic rings. The van der Waals surface area contributed by atoms with Crippen molar-refractivity contribution in [2.24, 2.45) is 0 Å². The van der Waals surface area contributed by atoms with Gasteiger partial charge in [0.2, 0.25) is 5.39 Å². The summed E-state index contributed by atoms with van der Waals surface area (Å²) in [7, 11) is -4.28. The Hall–Kier alpha value is -0.720. The van der Waals surface area contributed by atoms with Crippen LogP contribution in [0.15, 0.2) is 17.0 Å². The highest BCUT2D eigenvalue weighted by Crippen LogP contribution is 2.29. The molecule has 0 aliphatic rings. The Morgan fingerprint density at radius 1 is 1.50 bits per heavy atom. The summed E-state index contributed by atoms with van der Waals surface area (Å²) in [5, 5.41) is 8.55. The van der Waals surface area contributed by atoms with E-state index in [1.54, 1.807) is 22.6 Å². The van der Waals surface area contributed by atoms with Crippen LogP contribution in [0.25, 0.3) is 4.98 Å². The Bertz CT molecular complexity index is 518. The smallest absolute Gasteiger partial charge is 0.282 e. The Morgan fingerprint density at radius 3 is 2.50 bits per heavy atom. The molecule has 0 aliphatic carbocycles. The van der Waals surface area contributed by atoms with Crippen LogP contribution < -0.4 is 0 Å². The van der Waals surface area contributed by atoms with E-state index in [1.165, 1.54) is 19.1 Å². The zero-order chi connectivity index (χ0) is 10.9. The van der Waals surface area contributed by atoms with Gasteiger partial charge in [0.25, 0.3) is 10.1 Å². The highest BCUT2D eigenvalue weighted by Gasteiger charge is 2.24. The number of halogens is 1. The summed E-state index contributed by atoms with van der Waals surface area (Å²) >= 11 is 1.78. The van der Waals surface area contributed by atoms with E-state index in [1.807, 2.05) is 0 Å². The molecule has 14 heavy (non-hydrogen) atoms. The molecular formula is C7H6IN2O3S+.